The third kappa shape index (κ3) is 3.12. The van der Waals surface area contributed by atoms with E-state index in [1.807, 2.05) is 0 Å². The lowest BCUT2D eigenvalue weighted by Crippen LogP contribution is -2.56. The highest BCUT2D eigenvalue weighted by Gasteiger charge is 2.63. The number of rotatable bonds is 2. The van der Waals surface area contributed by atoms with E-state index in [2.05, 4.69) is 39.8 Å². The normalized spacial score (nSPS) is 48.9. The smallest absolute Gasteiger partial charge is 0.325 e. The highest BCUT2D eigenvalue weighted by atomic mass is 32.2. The minimum atomic E-state index is -3.58. The summed E-state index contributed by atoms with van der Waals surface area (Å²) in [6.07, 6.45) is 8.15. The van der Waals surface area contributed by atoms with Crippen LogP contribution in [0.4, 0.5) is 0 Å². The fourth-order valence-corrected chi connectivity index (χ4v) is 8.00. The summed E-state index contributed by atoms with van der Waals surface area (Å²) in [4.78, 5) is 0. The van der Waals surface area contributed by atoms with Crippen LogP contribution in [0.2, 0.25) is 0 Å². The van der Waals surface area contributed by atoms with Crippen LogP contribution >= 0.6 is 0 Å². The molecule has 0 aromatic rings. The molecule has 1 N–H and O–H groups in total. The van der Waals surface area contributed by atoms with Crippen LogP contribution in [0.15, 0.2) is 16.3 Å². The van der Waals surface area contributed by atoms with Gasteiger partial charge in [-0.05, 0) is 98.9 Å². The second-order valence-corrected chi connectivity index (χ2v) is 12.6. The van der Waals surface area contributed by atoms with Crippen LogP contribution in [0.3, 0.4) is 0 Å². The zero-order valence-electron chi connectivity index (χ0n) is 18.8. The molecule has 4 aliphatic rings. The molecule has 0 unspecified atom stereocenters. The Balaban J connectivity index is 1.70. The van der Waals surface area contributed by atoms with Crippen molar-refractivity contribution in [3.05, 3.63) is 11.1 Å². The van der Waals surface area contributed by atoms with E-state index in [1.54, 1.807) is 0 Å². The van der Waals surface area contributed by atoms with Gasteiger partial charge in [-0.1, -0.05) is 31.5 Å². The molecule has 0 aliphatic heterocycles. The largest absolute Gasteiger partial charge is 0.390 e. The van der Waals surface area contributed by atoms with Crippen molar-refractivity contribution in [2.75, 3.05) is 6.26 Å². The Kier molecular flexibility index (Phi) is 4.83. The first-order valence-electron chi connectivity index (χ1n) is 11.2. The quantitative estimate of drug-likeness (QED) is 0.655. The summed E-state index contributed by atoms with van der Waals surface area (Å²) in [5.74, 6) is 2.43. The number of oxime groups is 1. The molecule has 0 radical (unpaired) electrons. The lowest BCUT2D eigenvalue weighted by Gasteiger charge is -2.61. The van der Waals surface area contributed by atoms with Crippen LogP contribution in [-0.2, 0) is 14.4 Å². The number of hydrogen-bond acceptors (Lipinski definition) is 5. The Morgan fingerprint density at radius 2 is 1.76 bits per heavy atom. The molecular formula is C23H37NO4S. The van der Waals surface area contributed by atoms with Crippen LogP contribution in [0.1, 0.15) is 79.6 Å². The van der Waals surface area contributed by atoms with Gasteiger partial charge in [-0.25, -0.2) is 0 Å². The number of hydrogen-bond donors (Lipinski definition) is 1. The zero-order chi connectivity index (χ0) is 21.4. The maximum Gasteiger partial charge on any atom is 0.325 e. The van der Waals surface area contributed by atoms with E-state index < -0.39 is 15.7 Å². The molecule has 0 bridgehead atoms. The summed E-state index contributed by atoms with van der Waals surface area (Å²) in [5.41, 5.74) is 3.00. The van der Waals surface area contributed by atoms with Crippen molar-refractivity contribution in [1.29, 1.82) is 0 Å². The Morgan fingerprint density at radius 3 is 2.41 bits per heavy atom. The minimum Gasteiger partial charge on any atom is -0.390 e. The maximum absolute atomic E-state index is 11.4. The molecule has 4 aliphatic carbocycles. The number of allylic oxidation sites excluding steroid dienone is 2. The first-order valence-corrected chi connectivity index (χ1v) is 13.0. The van der Waals surface area contributed by atoms with Gasteiger partial charge in [-0.3, -0.25) is 4.28 Å². The van der Waals surface area contributed by atoms with Gasteiger partial charge in [-0.15, -0.1) is 0 Å². The average molecular weight is 424 g/mol. The van der Waals surface area contributed by atoms with Crippen molar-refractivity contribution in [2.45, 2.75) is 85.2 Å². The third-order valence-corrected chi connectivity index (χ3v) is 9.98. The topological polar surface area (TPSA) is 76.0 Å². The molecule has 3 saturated carbocycles. The van der Waals surface area contributed by atoms with E-state index >= 15 is 0 Å². The van der Waals surface area contributed by atoms with E-state index in [0.717, 1.165) is 62.5 Å². The van der Waals surface area contributed by atoms with Crippen molar-refractivity contribution >= 4 is 15.8 Å². The molecule has 29 heavy (non-hydrogen) atoms. The molecule has 0 heterocycles. The molecular weight excluding hydrogens is 386 g/mol. The Morgan fingerprint density at radius 1 is 1.10 bits per heavy atom. The fraction of sp³-hybridized carbons (Fsp3) is 0.870. The second-order valence-electron chi connectivity index (χ2n) is 11.1. The molecule has 164 valence electrons. The zero-order valence-corrected chi connectivity index (χ0v) is 19.6. The molecule has 0 amide bonds. The highest BCUT2D eigenvalue weighted by Crippen LogP contribution is 2.68. The van der Waals surface area contributed by atoms with Gasteiger partial charge in [0.1, 0.15) is 0 Å². The Labute approximate surface area is 176 Å². The van der Waals surface area contributed by atoms with Gasteiger partial charge in [0.2, 0.25) is 0 Å². The monoisotopic (exact) mass is 423 g/mol. The molecule has 0 aromatic carbocycles. The van der Waals surface area contributed by atoms with Gasteiger partial charge >= 0.3 is 10.1 Å². The van der Waals surface area contributed by atoms with Gasteiger partial charge in [0.25, 0.3) is 0 Å². The van der Waals surface area contributed by atoms with Crippen LogP contribution in [0.5, 0.6) is 0 Å². The van der Waals surface area contributed by atoms with Crippen LogP contribution in [0, 0.1) is 34.5 Å². The minimum absolute atomic E-state index is 0.0274. The lowest BCUT2D eigenvalue weighted by atomic mass is 9.44. The lowest BCUT2D eigenvalue weighted by molar-refractivity contribution is -0.128. The van der Waals surface area contributed by atoms with Crippen LogP contribution in [0.25, 0.3) is 0 Å². The van der Waals surface area contributed by atoms with E-state index in [4.69, 9.17) is 4.28 Å². The molecule has 3 fully saturated rings. The summed E-state index contributed by atoms with van der Waals surface area (Å²) in [6, 6.07) is 0. The molecule has 7 atom stereocenters. The SMILES string of the molecule is CC1=C2C[C@@H](C)[C@@H]3[C@H](CC[C@@]4(C)[C@H]3CC[C@]4(C)O)[C@@]2(C)CC/C1=N\OS(C)(=O)=O. The number of aliphatic hydroxyl groups is 1. The second kappa shape index (κ2) is 6.56. The molecule has 5 nitrogen and oxygen atoms in total. The maximum atomic E-state index is 11.4. The molecule has 0 saturated heterocycles. The van der Waals surface area contributed by atoms with Crippen molar-refractivity contribution in [3.63, 3.8) is 0 Å². The van der Waals surface area contributed by atoms with E-state index in [-0.39, 0.29) is 10.8 Å². The van der Waals surface area contributed by atoms with Gasteiger partial charge < -0.3 is 5.11 Å². The predicted molar refractivity (Wildman–Crippen MR) is 115 cm³/mol. The van der Waals surface area contributed by atoms with Gasteiger partial charge in [0.15, 0.2) is 0 Å². The van der Waals surface area contributed by atoms with E-state index in [9.17, 15) is 13.5 Å². The van der Waals surface area contributed by atoms with Crippen LogP contribution < -0.4 is 0 Å². The average Bonchev–Trinajstić information content (AvgIpc) is 2.85. The van der Waals surface area contributed by atoms with E-state index in [1.165, 1.54) is 5.57 Å². The number of fused-ring (bicyclic) bond motifs is 5. The van der Waals surface area contributed by atoms with Crippen molar-refractivity contribution in [1.82, 2.24) is 0 Å². The first kappa shape index (κ1) is 21.4. The van der Waals surface area contributed by atoms with E-state index in [0.29, 0.717) is 23.7 Å². The summed E-state index contributed by atoms with van der Waals surface area (Å²) in [7, 11) is -3.58. The fourth-order valence-electron chi connectivity index (χ4n) is 7.78. The van der Waals surface area contributed by atoms with Gasteiger partial charge in [-0.2, -0.15) is 8.42 Å². The molecule has 6 heteroatoms. The predicted octanol–water partition coefficient (Wildman–Crippen LogP) is 4.67. The van der Waals surface area contributed by atoms with Crippen molar-refractivity contribution in [3.8, 4) is 0 Å². The first-order chi connectivity index (χ1) is 13.3. The molecule has 0 spiro atoms. The van der Waals surface area contributed by atoms with Crippen molar-refractivity contribution in [2.24, 2.45) is 39.7 Å². The molecule has 4 rings (SSSR count). The summed E-state index contributed by atoms with van der Waals surface area (Å²) >= 11 is 0. The third-order valence-electron chi connectivity index (χ3n) is 9.64. The molecule has 0 aromatic heterocycles. The summed E-state index contributed by atoms with van der Waals surface area (Å²) in [5, 5.41) is 15.1. The summed E-state index contributed by atoms with van der Waals surface area (Å²) in [6.45, 7) is 11.3. The summed E-state index contributed by atoms with van der Waals surface area (Å²) < 4.78 is 27.6. The Bertz CT molecular complexity index is 873. The van der Waals surface area contributed by atoms with Gasteiger partial charge in [0.05, 0.1) is 17.6 Å². The number of nitrogens with zero attached hydrogens (tertiary/aromatic N) is 1. The van der Waals surface area contributed by atoms with Crippen molar-refractivity contribution < 1.29 is 17.8 Å². The van der Waals surface area contributed by atoms with Gasteiger partial charge in [0, 0.05) is 0 Å². The Hall–Kier alpha value is -0.880. The standard InChI is InChI=1S/C23H37NO4S/c1-14-13-18-15(2)19(24-28-29(6,26)27)9-10-21(18,3)16-7-11-22(4)17(20(14)16)8-12-23(22,5)25/h14,16-17,20,25H,7-13H2,1-6H3/b24-19+/t14-,16+,17+,20-,21-,22+,23+/m1/s1. The highest BCUT2D eigenvalue weighted by molar-refractivity contribution is 7.85. The van der Waals surface area contributed by atoms with Crippen LogP contribution in [-0.4, -0.2) is 31.1 Å².